The SMILES string of the molecule is CCCc1ccc(OCC(=O)N2CCN(C(=O)OCC)CC2)cc1. The summed E-state index contributed by atoms with van der Waals surface area (Å²) in [6, 6.07) is 7.86. The van der Waals surface area contributed by atoms with Crippen LogP contribution in [0.3, 0.4) is 0 Å². The molecule has 0 N–H and O–H groups in total. The van der Waals surface area contributed by atoms with Crippen LogP contribution in [0, 0.1) is 0 Å². The molecule has 6 heteroatoms. The van der Waals surface area contributed by atoms with Gasteiger partial charge in [0.2, 0.25) is 0 Å². The lowest BCUT2D eigenvalue weighted by Gasteiger charge is -2.33. The van der Waals surface area contributed by atoms with Gasteiger partial charge in [0.25, 0.3) is 5.91 Å². The van der Waals surface area contributed by atoms with E-state index in [1.807, 2.05) is 24.3 Å². The van der Waals surface area contributed by atoms with Crippen molar-refractivity contribution in [2.75, 3.05) is 39.4 Å². The van der Waals surface area contributed by atoms with Crippen LogP contribution in [-0.4, -0.2) is 61.2 Å². The molecule has 1 saturated heterocycles. The van der Waals surface area contributed by atoms with Gasteiger partial charge in [-0.3, -0.25) is 4.79 Å². The number of carbonyl (C=O) groups is 2. The largest absolute Gasteiger partial charge is 0.484 e. The fourth-order valence-electron chi connectivity index (χ4n) is 2.63. The molecule has 0 atom stereocenters. The predicted molar refractivity (Wildman–Crippen MR) is 91.1 cm³/mol. The Labute approximate surface area is 143 Å². The van der Waals surface area contributed by atoms with Gasteiger partial charge in [-0.15, -0.1) is 0 Å². The van der Waals surface area contributed by atoms with E-state index in [4.69, 9.17) is 9.47 Å². The molecular formula is C18H26N2O4. The summed E-state index contributed by atoms with van der Waals surface area (Å²) in [5, 5.41) is 0. The average molecular weight is 334 g/mol. The van der Waals surface area contributed by atoms with Crippen LogP contribution in [0.25, 0.3) is 0 Å². The van der Waals surface area contributed by atoms with Gasteiger partial charge in [-0.25, -0.2) is 4.79 Å². The molecule has 1 aliphatic rings. The van der Waals surface area contributed by atoms with Crippen LogP contribution >= 0.6 is 0 Å². The molecule has 0 radical (unpaired) electrons. The number of ether oxygens (including phenoxy) is 2. The minimum absolute atomic E-state index is 0.0204. The molecule has 0 saturated carbocycles. The van der Waals surface area contributed by atoms with Crippen molar-refractivity contribution in [3.8, 4) is 5.75 Å². The normalized spacial score (nSPS) is 14.4. The zero-order chi connectivity index (χ0) is 17.4. The van der Waals surface area contributed by atoms with E-state index in [0.717, 1.165) is 12.8 Å². The second-order valence-corrected chi connectivity index (χ2v) is 5.75. The Balaban J connectivity index is 1.74. The summed E-state index contributed by atoms with van der Waals surface area (Å²) in [7, 11) is 0. The first-order valence-electron chi connectivity index (χ1n) is 8.55. The third-order valence-corrected chi connectivity index (χ3v) is 3.98. The van der Waals surface area contributed by atoms with Crippen molar-refractivity contribution in [1.82, 2.24) is 9.80 Å². The number of amides is 2. The highest BCUT2D eigenvalue weighted by atomic mass is 16.6. The number of carbonyl (C=O) groups excluding carboxylic acids is 2. The lowest BCUT2D eigenvalue weighted by Crippen LogP contribution is -2.51. The van der Waals surface area contributed by atoms with Crippen LogP contribution < -0.4 is 4.74 Å². The minimum Gasteiger partial charge on any atom is -0.484 e. The van der Waals surface area contributed by atoms with Gasteiger partial charge in [0, 0.05) is 26.2 Å². The van der Waals surface area contributed by atoms with Gasteiger partial charge in [-0.2, -0.15) is 0 Å². The van der Waals surface area contributed by atoms with Gasteiger partial charge in [0.1, 0.15) is 5.75 Å². The summed E-state index contributed by atoms with van der Waals surface area (Å²) < 4.78 is 10.5. The average Bonchev–Trinajstić information content (AvgIpc) is 2.61. The zero-order valence-electron chi connectivity index (χ0n) is 14.5. The number of aryl methyl sites for hydroxylation is 1. The highest BCUT2D eigenvalue weighted by Crippen LogP contribution is 2.14. The molecule has 24 heavy (non-hydrogen) atoms. The summed E-state index contributed by atoms with van der Waals surface area (Å²) >= 11 is 0. The van der Waals surface area contributed by atoms with Crippen molar-refractivity contribution in [2.24, 2.45) is 0 Å². The van der Waals surface area contributed by atoms with E-state index in [2.05, 4.69) is 6.92 Å². The van der Waals surface area contributed by atoms with E-state index in [0.29, 0.717) is 38.5 Å². The van der Waals surface area contributed by atoms with E-state index in [9.17, 15) is 9.59 Å². The minimum atomic E-state index is -0.312. The van der Waals surface area contributed by atoms with Crippen molar-refractivity contribution in [3.63, 3.8) is 0 Å². The zero-order valence-corrected chi connectivity index (χ0v) is 14.5. The molecule has 1 aliphatic heterocycles. The molecule has 0 aliphatic carbocycles. The molecule has 132 valence electrons. The van der Waals surface area contributed by atoms with Crippen LogP contribution in [0.5, 0.6) is 5.75 Å². The summed E-state index contributed by atoms with van der Waals surface area (Å²) in [5.74, 6) is 0.643. The number of benzene rings is 1. The maximum absolute atomic E-state index is 12.2. The standard InChI is InChI=1S/C18H26N2O4/c1-3-5-15-6-8-16(9-7-15)24-14-17(21)19-10-12-20(13-11-19)18(22)23-4-2/h6-9H,3-5,10-14H2,1-2H3. The second kappa shape index (κ2) is 9.15. The van der Waals surface area contributed by atoms with Crippen molar-refractivity contribution < 1.29 is 19.1 Å². The van der Waals surface area contributed by atoms with Crippen LogP contribution in [0.2, 0.25) is 0 Å². The molecule has 0 bridgehead atoms. The first kappa shape index (κ1) is 18.1. The van der Waals surface area contributed by atoms with Gasteiger partial charge in [0.15, 0.2) is 6.61 Å². The smallest absolute Gasteiger partial charge is 0.409 e. The predicted octanol–water partition coefficient (Wildman–Crippen LogP) is 2.32. The fourth-order valence-corrected chi connectivity index (χ4v) is 2.63. The molecule has 6 nitrogen and oxygen atoms in total. The van der Waals surface area contributed by atoms with Crippen molar-refractivity contribution in [1.29, 1.82) is 0 Å². The number of piperazine rings is 1. The van der Waals surface area contributed by atoms with E-state index in [1.54, 1.807) is 16.7 Å². The molecule has 2 amide bonds. The Morgan fingerprint density at radius 1 is 1.00 bits per heavy atom. The topological polar surface area (TPSA) is 59.1 Å². The van der Waals surface area contributed by atoms with Crippen molar-refractivity contribution in [3.05, 3.63) is 29.8 Å². The summed E-state index contributed by atoms with van der Waals surface area (Å²) in [5.41, 5.74) is 1.27. The van der Waals surface area contributed by atoms with Crippen molar-refractivity contribution >= 4 is 12.0 Å². The van der Waals surface area contributed by atoms with Crippen LogP contribution in [0.15, 0.2) is 24.3 Å². The van der Waals surface area contributed by atoms with Gasteiger partial charge >= 0.3 is 6.09 Å². The van der Waals surface area contributed by atoms with Gasteiger partial charge < -0.3 is 19.3 Å². The Hall–Kier alpha value is -2.24. The fraction of sp³-hybridized carbons (Fsp3) is 0.556. The van der Waals surface area contributed by atoms with E-state index in [1.165, 1.54) is 5.56 Å². The van der Waals surface area contributed by atoms with Gasteiger partial charge in [-0.05, 0) is 31.0 Å². The summed E-state index contributed by atoms with van der Waals surface area (Å²) in [6.45, 7) is 6.32. The third kappa shape index (κ3) is 5.15. The molecular weight excluding hydrogens is 308 g/mol. The molecule has 2 rings (SSSR count). The Morgan fingerprint density at radius 3 is 2.21 bits per heavy atom. The molecule has 1 heterocycles. The maximum atomic E-state index is 12.2. The monoisotopic (exact) mass is 334 g/mol. The molecule has 1 fully saturated rings. The molecule has 0 aromatic heterocycles. The summed E-state index contributed by atoms with van der Waals surface area (Å²) in [4.78, 5) is 27.2. The van der Waals surface area contributed by atoms with Crippen LogP contribution in [-0.2, 0) is 16.0 Å². The highest BCUT2D eigenvalue weighted by molar-refractivity contribution is 5.78. The summed E-state index contributed by atoms with van der Waals surface area (Å²) in [6.07, 6.45) is 1.84. The quantitative estimate of drug-likeness (QED) is 0.801. The Bertz CT molecular complexity index is 536. The Kier molecular flexibility index (Phi) is 6.90. The lowest BCUT2D eigenvalue weighted by atomic mass is 10.1. The van der Waals surface area contributed by atoms with Crippen LogP contribution in [0.1, 0.15) is 25.8 Å². The first-order chi connectivity index (χ1) is 11.6. The van der Waals surface area contributed by atoms with E-state index in [-0.39, 0.29) is 18.6 Å². The molecule has 0 unspecified atom stereocenters. The van der Waals surface area contributed by atoms with Gasteiger partial charge in [0.05, 0.1) is 6.61 Å². The van der Waals surface area contributed by atoms with E-state index < -0.39 is 0 Å². The maximum Gasteiger partial charge on any atom is 0.409 e. The molecule has 1 aromatic carbocycles. The lowest BCUT2D eigenvalue weighted by molar-refractivity contribution is -0.134. The van der Waals surface area contributed by atoms with Crippen molar-refractivity contribution in [2.45, 2.75) is 26.7 Å². The second-order valence-electron chi connectivity index (χ2n) is 5.75. The first-order valence-corrected chi connectivity index (χ1v) is 8.55. The van der Waals surface area contributed by atoms with E-state index >= 15 is 0 Å². The molecule has 0 spiro atoms. The highest BCUT2D eigenvalue weighted by Gasteiger charge is 2.24. The number of hydrogen-bond acceptors (Lipinski definition) is 4. The number of hydrogen-bond donors (Lipinski definition) is 0. The Morgan fingerprint density at radius 2 is 1.62 bits per heavy atom. The molecule has 1 aromatic rings. The van der Waals surface area contributed by atoms with Gasteiger partial charge in [-0.1, -0.05) is 25.5 Å². The third-order valence-electron chi connectivity index (χ3n) is 3.98. The number of nitrogens with zero attached hydrogens (tertiary/aromatic N) is 2. The van der Waals surface area contributed by atoms with Crippen LogP contribution in [0.4, 0.5) is 4.79 Å². The number of rotatable bonds is 6.